The van der Waals surface area contributed by atoms with Gasteiger partial charge < -0.3 is 15.1 Å². The van der Waals surface area contributed by atoms with Crippen LogP contribution in [-0.4, -0.2) is 35.9 Å². The number of aliphatic hydroxyl groups is 1. The van der Waals surface area contributed by atoms with Crippen LogP contribution in [0.3, 0.4) is 0 Å². The summed E-state index contributed by atoms with van der Waals surface area (Å²) in [6.45, 7) is 2.05. The monoisotopic (exact) mass is 235 g/mol. The van der Waals surface area contributed by atoms with Crippen LogP contribution in [0.5, 0.6) is 0 Å². The summed E-state index contributed by atoms with van der Waals surface area (Å²) in [6.07, 6.45) is 2.14. The van der Waals surface area contributed by atoms with Crippen LogP contribution in [0, 0.1) is 5.92 Å². The first kappa shape index (κ1) is 11.9. The van der Waals surface area contributed by atoms with E-state index >= 15 is 0 Å². The van der Waals surface area contributed by atoms with Gasteiger partial charge in [-0.3, -0.25) is 0 Å². The van der Waals surface area contributed by atoms with E-state index in [9.17, 15) is 4.79 Å². The van der Waals surface area contributed by atoms with Gasteiger partial charge in [0.1, 0.15) is 0 Å². The number of anilines is 1. The van der Waals surface area contributed by atoms with Gasteiger partial charge in [-0.2, -0.15) is 0 Å². The molecule has 0 radical (unpaired) electrons. The molecule has 0 bridgehead atoms. The van der Waals surface area contributed by atoms with Gasteiger partial charge in [0, 0.05) is 25.4 Å². The summed E-state index contributed by atoms with van der Waals surface area (Å²) >= 11 is 0. The fourth-order valence-electron chi connectivity index (χ4n) is 2.26. The van der Waals surface area contributed by atoms with Crippen LogP contribution in [0.2, 0.25) is 0 Å². The number of carbonyl (C=O) groups is 1. The molecule has 1 aliphatic heterocycles. The molecule has 17 heavy (non-hydrogen) atoms. The van der Waals surface area contributed by atoms with Gasteiger partial charge in [-0.15, -0.1) is 0 Å². The molecule has 0 amide bonds. The lowest BCUT2D eigenvalue weighted by Crippen LogP contribution is -2.36. The first-order chi connectivity index (χ1) is 8.20. The average molecular weight is 235 g/mol. The van der Waals surface area contributed by atoms with E-state index in [-0.39, 0.29) is 6.61 Å². The minimum atomic E-state index is -0.900. The first-order valence-corrected chi connectivity index (χ1v) is 5.90. The Balaban J connectivity index is 2.08. The van der Waals surface area contributed by atoms with Crippen LogP contribution in [0.15, 0.2) is 24.3 Å². The van der Waals surface area contributed by atoms with Crippen molar-refractivity contribution < 1.29 is 15.0 Å². The Morgan fingerprint density at radius 2 is 2.06 bits per heavy atom. The minimum absolute atomic E-state index is 0.226. The Kier molecular flexibility index (Phi) is 3.64. The topological polar surface area (TPSA) is 60.8 Å². The molecule has 0 spiro atoms. The number of rotatable bonds is 3. The molecule has 2 N–H and O–H groups in total. The van der Waals surface area contributed by atoms with Crippen molar-refractivity contribution in [2.24, 2.45) is 5.92 Å². The predicted molar refractivity (Wildman–Crippen MR) is 65.4 cm³/mol. The number of aromatic carboxylic acids is 1. The summed E-state index contributed by atoms with van der Waals surface area (Å²) in [6, 6.07) is 6.92. The van der Waals surface area contributed by atoms with Crippen LogP contribution >= 0.6 is 0 Å². The Bertz CT molecular complexity index is 388. The van der Waals surface area contributed by atoms with E-state index in [1.54, 1.807) is 12.1 Å². The maximum atomic E-state index is 10.7. The predicted octanol–water partition coefficient (Wildman–Crippen LogP) is 1.59. The number of hydrogen-bond donors (Lipinski definition) is 2. The van der Waals surface area contributed by atoms with Crippen molar-refractivity contribution in [2.45, 2.75) is 12.8 Å². The van der Waals surface area contributed by atoms with E-state index in [2.05, 4.69) is 4.90 Å². The Morgan fingerprint density at radius 3 is 2.65 bits per heavy atom. The van der Waals surface area contributed by atoms with E-state index in [4.69, 9.17) is 10.2 Å². The summed E-state index contributed by atoms with van der Waals surface area (Å²) in [5, 5.41) is 18.0. The minimum Gasteiger partial charge on any atom is -0.478 e. The van der Waals surface area contributed by atoms with Gasteiger partial charge in [-0.05, 0) is 43.0 Å². The van der Waals surface area contributed by atoms with Crippen molar-refractivity contribution in [1.29, 1.82) is 0 Å². The average Bonchev–Trinajstić information content (AvgIpc) is 2.39. The summed E-state index contributed by atoms with van der Waals surface area (Å²) in [7, 11) is 0. The highest BCUT2D eigenvalue weighted by atomic mass is 16.4. The number of benzene rings is 1. The molecule has 2 rings (SSSR count). The number of carboxylic acid groups (broad SMARTS) is 1. The number of carboxylic acids is 1. The molecule has 0 aromatic heterocycles. The van der Waals surface area contributed by atoms with E-state index < -0.39 is 5.97 Å². The number of nitrogens with zero attached hydrogens (tertiary/aromatic N) is 1. The third-order valence-electron chi connectivity index (χ3n) is 3.26. The number of piperidine rings is 1. The quantitative estimate of drug-likeness (QED) is 0.835. The van der Waals surface area contributed by atoms with Crippen molar-refractivity contribution >= 4 is 11.7 Å². The second-order valence-corrected chi connectivity index (χ2v) is 4.49. The second kappa shape index (κ2) is 5.19. The van der Waals surface area contributed by atoms with Gasteiger partial charge in [0.2, 0.25) is 0 Å². The van der Waals surface area contributed by atoms with Gasteiger partial charge in [-0.25, -0.2) is 4.79 Å². The molecule has 92 valence electrons. The summed E-state index contributed by atoms with van der Waals surface area (Å²) in [5.74, 6) is -0.564. The molecule has 0 unspecified atom stereocenters. The highest BCUT2D eigenvalue weighted by Gasteiger charge is 2.19. The van der Waals surface area contributed by atoms with Crippen LogP contribution in [0.25, 0.3) is 0 Å². The fraction of sp³-hybridized carbons (Fsp3) is 0.462. The van der Waals surface area contributed by atoms with E-state index in [0.29, 0.717) is 11.5 Å². The van der Waals surface area contributed by atoms with E-state index in [0.717, 1.165) is 31.6 Å². The van der Waals surface area contributed by atoms with Crippen molar-refractivity contribution in [1.82, 2.24) is 0 Å². The molecule has 1 aromatic carbocycles. The lowest BCUT2D eigenvalue weighted by molar-refractivity contribution is 0.0697. The maximum absolute atomic E-state index is 10.7. The van der Waals surface area contributed by atoms with Gasteiger partial charge in [0.05, 0.1) is 5.56 Å². The molecule has 0 aliphatic carbocycles. The molecular formula is C13H17NO3. The molecule has 1 fully saturated rings. The van der Waals surface area contributed by atoms with Gasteiger partial charge in [0.25, 0.3) is 0 Å². The molecule has 1 heterocycles. The van der Waals surface area contributed by atoms with Crippen molar-refractivity contribution in [3.63, 3.8) is 0 Å². The third kappa shape index (κ3) is 2.77. The second-order valence-electron chi connectivity index (χ2n) is 4.49. The van der Waals surface area contributed by atoms with Gasteiger partial charge >= 0.3 is 5.97 Å². The summed E-state index contributed by atoms with van der Waals surface area (Å²) < 4.78 is 0. The Morgan fingerprint density at radius 1 is 1.35 bits per heavy atom. The smallest absolute Gasteiger partial charge is 0.335 e. The molecule has 4 nitrogen and oxygen atoms in total. The molecule has 1 aliphatic rings. The van der Waals surface area contributed by atoms with Gasteiger partial charge in [0.15, 0.2) is 0 Å². The molecule has 4 heteroatoms. The lowest BCUT2D eigenvalue weighted by atomic mass is 9.98. The van der Waals surface area contributed by atoms with E-state index in [1.807, 2.05) is 12.1 Å². The Labute approximate surface area is 100 Å². The first-order valence-electron chi connectivity index (χ1n) is 5.90. The van der Waals surface area contributed by atoms with Crippen molar-refractivity contribution in [2.75, 3.05) is 24.6 Å². The number of aliphatic hydroxyl groups excluding tert-OH is 1. The van der Waals surface area contributed by atoms with Crippen LogP contribution in [0.1, 0.15) is 23.2 Å². The van der Waals surface area contributed by atoms with Crippen molar-refractivity contribution in [3.05, 3.63) is 29.8 Å². The highest BCUT2D eigenvalue weighted by Crippen LogP contribution is 2.23. The SMILES string of the molecule is O=C(O)c1ccc(N2CCC[C@@H](CO)C2)cc1. The normalized spacial score (nSPS) is 20.3. The zero-order chi connectivity index (χ0) is 12.3. The molecule has 0 saturated carbocycles. The lowest BCUT2D eigenvalue weighted by Gasteiger charge is -2.33. The Hall–Kier alpha value is -1.55. The maximum Gasteiger partial charge on any atom is 0.335 e. The fourth-order valence-corrected chi connectivity index (χ4v) is 2.26. The largest absolute Gasteiger partial charge is 0.478 e. The van der Waals surface area contributed by atoms with Gasteiger partial charge in [-0.1, -0.05) is 0 Å². The van der Waals surface area contributed by atoms with Crippen LogP contribution < -0.4 is 4.90 Å². The van der Waals surface area contributed by atoms with Crippen molar-refractivity contribution in [3.8, 4) is 0 Å². The summed E-state index contributed by atoms with van der Waals surface area (Å²) in [5.41, 5.74) is 1.35. The zero-order valence-electron chi connectivity index (χ0n) is 9.67. The summed E-state index contributed by atoms with van der Waals surface area (Å²) in [4.78, 5) is 12.9. The number of hydrogen-bond acceptors (Lipinski definition) is 3. The zero-order valence-corrected chi connectivity index (χ0v) is 9.67. The molecular weight excluding hydrogens is 218 g/mol. The molecule has 1 aromatic rings. The van der Waals surface area contributed by atoms with Crippen LogP contribution in [0.4, 0.5) is 5.69 Å². The molecule has 1 atom stereocenters. The standard InChI is InChI=1S/C13H17NO3/c15-9-10-2-1-7-14(8-10)12-5-3-11(4-6-12)13(16)17/h3-6,10,15H,1-2,7-9H2,(H,16,17)/t10-/m1/s1. The van der Waals surface area contributed by atoms with Crippen LogP contribution in [-0.2, 0) is 0 Å². The highest BCUT2D eigenvalue weighted by molar-refractivity contribution is 5.88. The molecule has 1 saturated heterocycles. The van der Waals surface area contributed by atoms with E-state index in [1.165, 1.54) is 0 Å². The third-order valence-corrected chi connectivity index (χ3v) is 3.26.